The van der Waals surface area contributed by atoms with Gasteiger partial charge in [0.25, 0.3) is 0 Å². The van der Waals surface area contributed by atoms with E-state index in [1.807, 2.05) is 18.2 Å². The molecule has 17 heavy (non-hydrogen) atoms. The van der Waals surface area contributed by atoms with Crippen LogP contribution in [0.4, 0.5) is 8.78 Å². The third-order valence-corrected chi connectivity index (χ3v) is 3.14. The summed E-state index contributed by atoms with van der Waals surface area (Å²) in [5.74, 6) is -1.04. The molecule has 1 unspecified atom stereocenters. The maximum absolute atomic E-state index is 13.7. The zero-order valence-electron chi connectivity index (χ0n) is 8.83. The van der Waals surface area contributed by atoms with Gasteiger partial charge in [0.2, 0.25) is 0 Å². The topological polar surface area (TPSA) is 26.0 Å². The molecule has 1 atom stereocenters. The molecule has 0 amide bonds. The number of nitrogens with two attached hydrogens (primary N) is 1. The van der Waals surface area contributed by atoms with Crippen LogP contribution in [0.3, 0.4) is 0 Å². The first-order chi connectivity index (χ1) is 8.09. The Balaban J connectivity index is 2.44. The monoisotopic (exact) mass is 297 g/mol. The van der Waals surface area contributed by atoms with Crippen molar-refractivity contribution in [1.29, 1.82) is 0 Å². The summed E-state index contributed by atoms with van der Waals surface area (Å²) in [7, 11) is 0. The Morgan fingerprint density at radius 3 is 2.29 bits per heavy atom. The van der Waals surface area contributed by atoms with Crippen LogP contribution < -0.4 is 5.73 Å². The first-order valence-corrected chi connectivity index (χ1v) is 5.84. The van der Waals surface area contributed by atoms with Gasteiger partial charge in [-0.05, 0) is 33.6 Å². The highest BCUT2D eigenvalue weighted by molar-refractivity contribution is 9.10. The zero-order chi connectivity index (χ0) is 12.4. The van der Waals surface area contributed by atoms with Crippen LogP contribution >= 0.6 is 15.9 Å². The van der Waals surface area contributed by atoms with Crippen molar-refractivity contribution in [3.63, 3.8) is 0 Å². The van der Waals surface area contributed by atoms with Crippen LogP contribution in [-0.2, 0) is 0 Å². The van der Waals surface area contributed by atoms with E-state index in [4.69, 9.17) is 5.73 Å². The minimum Gasteiger partial charge on any atom is -0.320 e. The average molecular weight is 298 g/mol. The minimum absolute atomic E-state index is 0.0963. The molecule has 1 nitrogen and oxygen atoms in total. The second-order valence-electron chi connectivity index (χ2n) is 3.68. The fourth-order valence-electron chi connectivity index (χ4n) is 1.62. The van der Waals surface area contributed by atoms with E-state index in [0.29, 0.717) is 0 Å². The smallest absolute Gasteiger partial charge is 0.137 e. The molecular formula is C13H10BrF2N. The largest absolute Gasteiger partial charge is 0.320 e. The van der Waals surface area contributed by atoms with Crippen molar-refractivity contribution in [1.82, 2.24) is 0 Å². The highest BCUT2D eigenvalue weighted by Gasteiger charge is 2.16. The van der Waals surface area contributed by atoms with Crippen molar-refractivity contribution in [3.05, 3.63) is 69.7 Å². The van der Waals surface area contributed by atoms with Gasteiger partial charge in [-0.2, -0.15) is 0 Å². The van der Waals surface area contributed by atoms with Crippen LogP contribution in [0, 0.1) is 11.6 Å². The molecule has 88 valence electrons. The van der Waals surface area contributed by atoms with Crippen molar-refractivity contribution in [2.24, 2.45) is 5.73 Å². The summed E-state index contributed by atoms with van der Waals surface area (Å²) in [4.78, 5) is 0. The molecular weight excluding hydrogens is 288 g/mol. The molecule has 0 bridgehead atoms. The number of benzene rings is 2. The Morgan fingerprint density at radius 1 is 1.00 bits per heavy atom. The summed E-state index contributed by atoms with van der Waals surface area (Å²) in [5, 5.41) is 0. The lowest BCUT2D eigenvalue weighted by Crippen LogP contribution is -2.14. The summed E-state index contributed by atoms with van der Waals surface area (Å²) in [6, 6.07) is 10.6. The predicted molar refractivity (Wildman–Crippen MR) is 66.5 cm³/mol. The standard InChI is InChI=1S/C13H10BrF2N/c14-10-7-11(15)9(6-12(10)16)13(17)8-4-2-1-3-5-8/h1-7,13H,17H2. The lowest BCUT2D eigenvalue weighted by molar-refractivity contribution is 0.572. The van der Waals surface area contributed by atoms with Crippen LogP contribution in [0.5, 0.6) is 0 Å². The van der Waals surface area contributed by atoms with Gasteiger partial charge in [0.05, 0.1) is 10.5 Å². The highest BCUT2D eigenvalue weighted by atomic mass is 79.9. The lowest BCUT2D eigenvalue weighted by Gasteiger charge is -2.14. The molecule has 0 aliphatic rings. The summed E-state index contributed by atoms with van der Waals surface area (Å²) in [6.07, 6.45) is 0. The van der Waals surface area contributed by atoms with Gasteiger partial charge in [-0.15, -0.1) is 0 Å². The second-order valence-corrected chi connectivity index (χ2v) is 4.53. The van der Waals surface area contributed by atoms with Gasteiger partial charge in [0.15, 0.2) is 0 Å². The van der Waals surface area contributed by atoms with Crippen molar-refractivity contribution >= 4 is 15.9 Å². The van der Waals surface area contributed by atoms with Crippen LogP contribution in [0.2, 0.25) is 0 Å². The Morgan fingerprint density at radius 2 is 1.65 bits per heavy atom. The van der Waals surface area contributed by atoms with Gasteiger partial charge >= 0.3 is 0 Å². The summed E-state index contributed by atoms with van der Waals surface area (Å²) in [6.45, 7) is 0. The normalized spacial score (nSPS) is 12.5. The minimum atomic E-state index is -0.668. The quantitative estimate of drug-likeness (QED) is 0.839. The molecule has 0 spiro atoms. The van der Waals surface area contributed by atoms with Crippen molar-refractivity contribution < 1.29 is 8.78 Å². The molecule has 0 radical (unpaired) electrons. The van der Waals surface area contributed by atoms with E-state index in [1.54, 1.807) is 12.1 Å². The van der Waals surface area contributed by atoms with Crippen LogP contribution in [0.15, 0.2) is 46.9 Å². The van der Waals surface area contributed by atoms with E-state index in [9.17, 15) is 8.78 Å². The van der Waals surface area contributed by atoms with Crippen molar-refractivity contribution in [2.45, 2.75) is 6.04 Å². The molecule has 2 rings (SSSR count). The lowest BCUT2D eigenvalue weighted by atomic mass is 9.99. The van der Waals surface area contributed by atoms with Gasteiger partial charge in [0, 0.05) is 5.56 Å². The van der Waals surface area contributed by atoms with Crippen molar-refractivity contribution in [3.8, 4) is 0 Å². The van der Waals surface area contributed by atoms with E-state index >= 15 is 0 Å². The molecule has 0 aliphatic carbocycles. The molecule has 0 saturated heterocycles. The fourth-order valence-corrected chi connectivity index (χ4v) is 1.93. The molecule has 4 heteroatoms. The Bertz CT molecular complexity index is 528. The maximum atomic E-state index is 13.7. The molecule has 0 saturated carbocycles. The molecule has 0 aliphatic heterocycles. The molecule has 0 aromatic heterocycles. The van der Waals surface area contributed by atoms with Gasteiger partial charge in [-0.3, -0.25) is 0 Å². The molecule has 2 aromatic carbocycles. The van der Waals surface area contributed by atoms with Crippen LogP contribution in [0.1, 0.15) is 17.2 Å². The molecule has 0 heterocycles. The Labute approximate surface area is 106 Å². The first kappa shape index (κ1) is 12.2. The number of rotatable bonds is 2. The van der Waals surface area contributed by atoms with Gasteiger partial charge in [0.1, 0.15) is 11.6 Å². The maximum Gasteiger partial charge on any atom is 0.137 e. The van der Waals surface area contributed by atoms with E-state index in [1.165, 1.54) is 0 Å². The molecule has 2 N–H and O–H groups in total. The van der Waals surface area contributed by atoms with E-state index in [0.717, 1.165) is 17.7 Å². The third kappa shape index (κ3) is 2.53. The number of hydrogen-bond acceptors (Lipinski definition) is 1. The summed E-state index contributed by atoms with van der Waals surface area (Å²) < 4.78 is 27.2. The fraction of sp³-hybridized carbons (Fsp3) is 0.0769. The second kappa shape index (κ2) is 4.94. The molecule has 0 fully saturated rings. The Kier molecular flexibility index (Phi) is 3.54. The Hall–Kier alpha value is -1.26. The molecule has 2 aromatic rings. The zero-order valence-corrected chi connectivity index (χ0v) is 10.4. The highest BCUT2D eigenvalue weighted by Crippen LogP contribution is 2.26. The summed E-state index contributed by atoms with van der Waals surface area (Å²) in [5.41, 5.74) is 6.81. The van der Waals surface area contributed by atoms with E-state index in [2.05, 4.69) is 15.9 Å². The van der Waals surface area contributed by atoms with Crippen molar-refractivity contribution in [2.75, 3.05) is 0 Å². The predicted octanol–water partition coefficient (Wildman–Crippen LogP) is 3.78. The first-order valence-electron chi connectivity index (χ1n) is 5.04. The van der Waals surface area contributed by atoms with Gasteiger partial charge < -0.3 is 5.73 Å². The van der Waals surface area contributed by atoms with Crippen LogP contribution in [0.25, 0.3) is 0 Å². The number of halogens is 3. The van der Waals surface area contributed by atoms with Gasteiger partial charge in [-0.25, -0.2) is 8.78 Å². The number of hydrogen-bond donors (Lipinski definition) is 1. The van der Waals surface area contributed by atoms with Gasteiger partial charge in [-0.1, -0.05) is 30.3 Å². The van der Waals surface area contributed by atoms with E-state index in [-0.39, 0.29) is 10.0 Å². The SMILES string of the molecule is NC(c1ccccc1)c1cc(F)c(Br)cc1F. The van der Waals surface area contributed by atoms with Crippen LogP contribution in [-0.4, -0.2) is 0 Å². The average Bonchev–Trinajstić information content (AvgIpc) is 2.34. The summed E-state index contributed by atoms with van der Waals surface area (Å²) >= 11 is 2.93. The van der Waals surface area contributed by atoms with E-state index < -0.39 is 17.7 Å². The third-order valence-electron chi connectivity index (χ3n) is 2.53.